The van der Waals surface area contributed by atoms with Gasteiger partial charge in [0.25, 0.3) is 0 Å². The van der Waals surface area contributed by atoms with Gasteiger partial charge in [-0.25, -0.2) is 9.78 Å². The number of anilines is 1. The van der Waals surface area contributed by atoms with Gasteiger partial charge in [0.05, 0.1) is 16.3 Å². The Labute approximate surface area is 179 Å². The Morgan fingerprint density at radius 1 is 1.27 bits per heavy atom. The molecular weight excluding hydrogens is 400 g/mol. The fourth-order valence-corrected chi connectivity index (χ4v) is 3.61. The molecule has 2 aromatic heterocycles. The van der Waals surface area contributed by atoms with Gasteiger partial charge in [-0.05, 0) is 49.1 Å². The Balaban J connectivity index is 1.84. The van der Waals surface area contributed by atoms with E-state index in [1.54, 1.807) is 29.1 Å². The summed E-state index contributed by atoms with van der Waals surface area (Å²) >= 11 is 6.39. The number of aryl methyl sites for hydroxylation is 1. The molecule has 0 fully saturated rings. The molecule has 4 rings (SSSR count). The van der Waals surface area contributed by atoms with E-state index in [1.165, 1.54) is 5.56 Å². The molecule has 0 atom stereocenters. The van der Waals surface area contributed by atoms with E-state index in [2.05, 4.69) is 29.4 Å². The number of nitrogens with zero attached hydrogens (tertiary/aromatic N) is 3. The summed E-state index contributed by atoms with van der Waals surface area (Å²) in [5, 5.41) is 18.0. The first kappa shape index (κ1) is 19.9. The number of pyridine rings is 1. The minimum absolute atomic E-state index is 0.246. The maximum Gasteiger partial charge on any atom is 0.337 e. The van der Waals surface area contributed by atoms with E-state index >= 15 is 0 Å². The van der Waals surface area contributed by atoms with Gasteiger partial charge in [-0.3, -0.25) is 0 Å². The molecule has 6 nitrogen and oxygen atoms in total. The largest absolute Gasteiger partial charge is 0.478 e. The topological polar surface area (TPSA) is 80.0 Å². The van der Waals surface area contributed by atoms with Crippen LogP contribution >= 0.6 is 11.6 Å². The number of hydrogen-bond acceptors (Lipinski definition) is 4. The third kappa shape index (κ3) is 4.00. The Hall–Kier alpha value is -3.38. The lowest BCUT2D eigenvalue weighted by atomic mass is 10.0. The average Bonchev–Trinajstić information content (AvgIpc) is 3.18. The number of rotatable bonds is 6. The highest BCUT2D eigenvalue weighted by atomic mass is 35.5. The highest BCUT2D eigenvalue weighted by Gasteiger charge is 2.19. The van der Waals surface area contributed by atoms with Gasteiger partial charge in [-0.15, -0.1) is 0 Å². The number of carbonyl (C=O) groups is 1. The molecule has 0 aliphatic heterocycles. The molecule has 0 unspecified atom stereocenters. The number of aliphatic carboxylic acids is 1. The molecule has 0 radical (unpaired) electrons. The molecule has 30 heavy (non-hydrogen) atoms. The van der Waals surface area contributed by atoms with Crippen molar-refractivity contribution in [1.82, 2.24) is 14.8 Å². The van der Waals surface area contributed by atoms with Gasteiger partial charge >= 0.3 is 5.97 Å². The van der Waals surface area contributed by atoms with E-state index in [1.807, 2.05) is 24.3 Å². The molecule has 0 amide bonds. The van der Waals surface area contributed by atoms with Crippen LogP contribution in [-0.4, -0.2) is 25.8 Å². The second-order valence-corrected chi connectivity index (χ2v) is 7.36. The molecule has 7 heteroatoms. The second kappa shape index (κ2) is 8.55. The molecule has 0 spiro atoms. The van der Waals surface area contributed by atoms with Crippen molar-refractivity contribution >= 4 is 23.4 Å². The van der Waals surface area contributed by atoms with Gasteiger partial charge < -0.3 is 10.4 Å². The Kier molecular flexibility index (Phi) is 5.68. The number of allylic oxidation sites excluding steroid dienone is 2. The maximum absolute atomic E-state index is 11.7. The summed E-state index contributed by atoms with van der Waals surface area (Å²) < 4.78 is 1.63. The number of carboxylic acids is 1. The maximum atomic E-state index is 11.7. The minimum atomic E-state index is -0.966. The molecule has 2 heterocycles. The quantitative estimate of drug-likeness (QED) is 0.569. The van der Waals surface area contributed by atoms with Gasteiger partial charge in [0.1, 0.15) is 5.82 Å². The minimum Gasteiger partial charge on any atom is -0.478 e. The van der Waals surface area contributed by atoms with Gasteiger partial charge in [-0.2, -0.15) is 9.78 Å². The summed E-state index contributed by atoms with van der Waals surface area (Å²) in [7, 11) is 0. The first-order chi connectivity index (χ1) is 14.6. The van der Waals surface area contributed by atoms with Crippen LogP contribution in [0.5, 0.6) is 0 Å². The van der Waals surface area contributed by atoms with Crippen molar-refractivity contribution in [2.75, 3.05) is 5.32 Å². The van der Waals surface area contributed by atoms with Gasteiger partial charge in [0.2, 0.25) is 0 Å². The van der Waals surface area contributed by atoms with Crippen LogP contribution in [-0.2, 0) is 11.2 Å². The number of nitrogens with one attached hydrogen (secondary N) is 1. The zero-order chi connectivity index (χ0) is 21.1. The smallest absolute Gasteiger partial charge is 0.337 e. The average molecular weight is 421 g/mol. The summed E-state index contributed by atoms with van der Waals surface area (Å²) in [6.45, 7) is 2.11. The lowest BCUT2D eigenvalue weighted by molar-refractivity contribution is -0.132. The predicted octanol–water partition coefficient (Wildman–Crippen LogP) is 5.25. The van der Waals surface area contributed by atoms with Crippen molar-refractivity contribution in [1.29, 1.82) is 0 Å². The fourth-order valence-electron chi connectivity index (χ4n) is 3.41. The zero-order valence-corrected chi connectivity index (χ0v) is 17.2. The summed E-state index contributed by atoms with van der Waals surface area (Å²) in [6, 6.07) is 13.6. The van der Waals surface area contributed by atoms with E-state index in [4.69, 9.17) is 16.7 Å². The Bertz CT molecular complexity index is 1160. The van der Waals surface area contributed by atoms with Crippen molar-refractivity contribution in [2.24, 2.45) is 0 Å². The summed E-state index contributed by atoms with van der Waals surface area (Å²) in [4.78, 5) is 16.0. The molecule has 1 aliphatic rings. The molecule has 0 bridgehead atoms. The summed E-state index contributed by atoms with van der Waals surface area (Å²) in [5.74, 6) is 0.117. The van der Waals surface area contributed by atoms with E-state index in [0.29, 0.717) is 28.8 Å². The molecule has 1 aromatic carbocycles. The van der Waals surface area contributed by atoms with Crippen LogP contribution in [0.2, 0.25) is 5.02 Å². The van der Waals surface area contributed by atoms with Crippen LogP contribution in [0.15, 0.2) is 72.1 Å². The summed E-state index contributed by atoms with van der Waals surface area (Å²) in [6.07, 6.45) is 7.43. The number of benzene rings is 1. The molecule has 2 N–H and O–H groups in total. The molecule has 152 valence electrons. The van der Waals surface area contributed by atoms with Crippen LogP contribution in [0.4, 0.5) is 5.82 Å². The summed E-state index contributed by atoms with van der Waals surface area (Å²) in [5.41, 5.74) is 3.81. The first-order valence-electron chi connectivity index (χ1n) is 9.77. The first-order valence-corrected chi connectivity index (χ1v) is 10.1. The zero-order valence-electron chi connectivity index (χ0n) is 16.5. The standard InChI is InChI=1S/C23H21ClN4O2/c1-2-15-7-5-8-16(13-15)20-14-21(26-19-11-4-3-9-17(19)23(29)30)28(27-20)22-18(24)10-6-12-25-22/h3,5-10,12-14,26H,2,4,11H2,1H3,(H,29,30). The third-order valence-electron chi connectivity index (χ3n) is 4.96. The van der Waals surface area contributed by atoms with Crippen LogP contribution < -0.4 is 5.32 Å². The fraction of sp³-hybridized carbons (Fsp3) is 0.174. The van der Waals surface area contributed by atoms with E-state index in [0.717, 1.165) is 24.1 Å². The Morgan fingerprint density at radius 2 is 2.13 bits per heavy atom. The molecular formula is C23H21ClN4O2. The number of aromatic nitrogens is 3. The van der Waals surface area contributed by atoms with Crippen molar-refractivity contribution in [3.63, 3.8) is 0 Å². The van der Waals surface area contributed by atoms with Crippen molar-refractivity contribution in [2.45, 2.75) is 26.2 Å². The predicted molar refractivity (Wildman–Crippen MR) is 118 cm³/mol. The van der Waals surface area contributed by atoms with E-state index in [-0.39, 0.29) is 5.57 Å². The molecule has 1 aliphatic carbocycles. The van der Waals surface area contributed by atoms with Crippen molar-refractivity contribution in [3.8, 4) is 17.1 Å². The van der Waals surface area contributed by atoms with Crippen LogP contribution in [0.3, 0.4) is 0 Å². The number of hydrogen-bond donors (Lipinski definition) is 2. The lowest BCUT2D eigenvalue weighted by Gasteiger charge is -2.16. The third-order valence-corrected chi connectivity index (χ3v) is 5.26. The molecule has 3 aromatic rings. The van der Waals surface area contributed by atoms with E-state index in [9.17, 15) is 9.90 Å². The number of carboxylic acid groups (broad SMARTS) is 1. The molecule has 0 saturated heterocycles. The molecule has 0 saturated carbocycles. The second-order valence-electron chi connectivity index (χ2n) is 6.95. The van der Waals surface area contributed by atoms with Gasteiger partial charge in [0.15, 0.2) is 5.82 Å². The van der Waals surface area contributed by atoms with Crippen LogP contribution in [0.25, 0.3) is 17.1 Å². The monoisotopic (exact) mass is 420 g/mol. The highest BCUT2D eigenvalue weighted by Crippen LogP contribution is 2.30. The van der Waals surface area contributed by atoms with Gasteiger partial charge in [0, 0.05) is 23.5 Å². The van der Waals surface area contributed by atoms with Crippen molar-refractivity contribution < 1.29 is 9.90 Å². The lowest BCUT2D eigenvalue weighted by Crippen LogP contribution is -2.14. The van der Waals surface area contributed by atoms with Crippen molar-refractivity contribution in [3.05, 3.63) is 82.7 Å². The van der Waals surface area contributed by atoms with Gasteiger partial charge in [-0.1, -0.05) is 42.8 Å². The Morgan fingerprint density at radius 3 is 2.90 bits per heavy atom. The highest BCUT2D eigenvalue weighted by molar-refractivity contribution is 6.32. The SMILES string of the molecule is CCc1cccc(-c2cc(NC3=C(C(=O)O)C=CCC3)n(-c3ncccc3Cl)n2)c1. The normalized spacial score (nSPS) is 13.5. The van der Waals surface area contributed by atoms with E-state index < -0.39 is 5.97 Å². The van der Waals surface area contributed by atoms with Crippen LogP contribution in [0.1, 0.15) is 25.3 Å². The van der Waals surface area contributed by atoms with Crippen LogP contribution in [0, 0.1) is 0 Å². The number of halogens is 1.